The molecular formula is C19H16FN3O. The molecule has 0 aliphatic carbocycles. The van der Waals surface area contributed by atoms with E-state index in [0.29, 0.717) is 6.54 Å². The zero-order chi connectivity index (χ0) is 16.5. The lowest BCUT2D eigenvalue weighted by atomic mass is 10.1. The fourth-order valence-electron chi connectivity index (χ4n) is 2.77. The molecular weight excluding hydrogens is 305 g/mol. The number of aromatic nitrogens is 2. The molecule has 0 aliphatic heterocycles. The van der Waals surface area contributed by atoms with Crippen LogP contribution in [0.4, 0.5) is 10.2 Å². The first-order valence-corrected chi connectivity index (χ1v) is 7.72. The van der Waals surface area contributed by atoms with E-state index in [1.54, 1.807) is 18.4 Å². The molecule has 4 rings (SSSR count). The summed E-state index contributed by atoms with van der Waals surface area (Å²) in [7, 11) is 0. The molecule has 4 aromatic rings. The summed E-state index contributed by atoms with van der Waals surface area (Å²) < 4.78 is 20.6. The molecule has 3 heterocycles. The number of anilines is 1. The minimum absolute atomic E-state index is 0.260. The molecule has 0 spiro atoms. The van der Waals surface area contributed by atoms with E-state index in [4.69, 9.17) is 9.40 Å². The molecule has 1 N–H and O–H groups in total. The second kappa shape index (κ2) is 5.85. The van der Waals surface area contributed by atoms with Crippen LogP contribution in [0.2, 0.25) is 0 Å². The molecule has 4 nitrogen and oxygen atoms in total. The van der Waals surface area contributed by atoms with Crippen molar-refractivity contribution in [3.63, 3.8) is 0 Å². The minimum atomic E-state index is -0.260. The van der Waals surface area contributed by atoms with Gasteiger partial charge in [-0.25, -0.2) is 9.37 Å². The highest BCUT2D eigenvalue weighted by Gasteiger charge is 2.15. The largest absolute Gasteiger partial charge is 0.467 e. The highest BCUT2D eigenvalue weighted by molar-refractivity contribution is 5.77. The topological polar surface area (TPSA) is 42.5 Å². The van der Waals surface area contributed by atoms with Crippen molar-refractivity contribution in [2.75, 3.05) is 5.32 Å². The van der Waals surface area contributed by atoms with Crippen molar-refractivity contribution in [1.82, 2.24) is 9.38 Å². The zero-order valence-electron chi connectivity index (χ0n) is 13.2. The number of nitrogens with one attached hydrogen (secondary N) is 1. The molecule has 5 heteroatoms. The summed E-state index contributed by atoms with van der Waals surface area (Å²) in [6.45, 7) is 2.57. The number of furan rings is 1. The Kier molecular flexibility index (Phi) is 3.54. The van der Waals surface area contributed by atoms with Gasteiger partial charge in [-0.15, -0.1) is 0 Å². The summed E-state index contributed by atoms with van der Waals surface area (Å²) >= 11 is 0. The van der Waals surface area contributed by atoms with E-state index >= 15 is 0 Å². The Bertz CT molecular complexity index is 972. The third kappa shape index (κ3) is 2.54. The smallest absolute Gasteiger partial charge is 0.142 e. The van der Waals surface area contributed by atoms with Crippen LogP contribution in [0.5, 0.6) is 0 Å². The van der Waals surface area contributed by atoms with E-state index in [9.17, 15) is 4.39 Å². The van der Waals surface area contributed by atoms with Crippen LogP contribution in [0.3, 0.4) is 0 Å². The number of pyridine rings is 1. The van der Waals surface area contributed by atoms with Crippen LogP contribution >= 0.6 is 0 Å². The van der Waals surface area contributed by atoms with E-state index < -0.39 is 0 Å². The summed E-state index contributed by atoms with van der Waals surface area (Å²) in [5, 5.41) is 3.39. The second-order valence-corrected chi connectivity index (χ2v) is 5.63. The van der Waals surface area contributed by atoms with Gasteiger partial charge in [-0.2, -0.15) is 0 Å². The highest BCUT2D eigenvalue weighted by atomic mass is 19.1. The van der Waals surface area contributed by atoms with Gasteiger partial charge < -0.3 is 9.73 Å². The van der Waals surface area contributed by atoms with Gasteiger partial charge >= 0.3 is 0 Å². The van der Waals surface area contributed by atoms with E-state index in [2.05, 4.69) is 5.32 Å². The standard InChI is InChI=1S/C19H16FN3O/c1-13-4-2-10-23-18(13)22-17(14-6-8-15(20)9-7-14)19(23)21-12-16-5-3-11-24-16/h2-11,21H,12H2,1H3. The van der Waals surface area contributed by atoms with Crippen molar-refractivity contribution in [3.8, 4) is 11.3 Å². The summed E-state index contributed by atoms with van der Waals surface area (Å²) in [6, 6.07) is 14.2. The normalized spacial score (nSPS) is 11.1. The van der Waals surface area contributed by atoms with Gasteiger partial charge in [-0.1, -0.05) is 6.07 Å². The summed E-state index contributed by atoms with van der Waals surface area (Å²) in [5.41, 5.74) is 3.60. The molecule has 24 heavy (non-hydrogen) atoms. The fraction of sp³-hybridized carbons (Fsp3) is 0.105. The molecule has 0 atom stereocenters. The number of imidazole rings is 1. The van der Waals surface area contributed by atoms with Gasteiger partial charge in [-0.05, 0) is 55.0 Å². The Morgan fingerprint density at radius 1 is 1.12 bits per heavy atom. The average molecular weight is 321 g/mol. The van der Waals surface area contributed by atoms with Crippen LogP contribution < -0.4 is 5.32 Å². The van der Waals surface area contributed by atoms with Crippen molar-refractivity contribution in [2.45, 2.75) is 13.5 Å². The Morgan fingerprint density at radius 2 is 1.96 bits per heavy atom. The summed E-state index contributed by atoms with van der Waals surface area (Å²) in [6.07, 6.45) is 3.61. The van der Waals surface area contributed by atoms with Crippen LogP contribution in [-0.2, 0) is 6.54 Å². The van der Waals surface area contributed by atoms with Gasteiger partial charge in [0.25, 0.3) is 0 Å². The van der Waals surface area contributed by atoms with Crippen LogP contribution in [0, 0.1) is 12.7 Å². The van der Waals surface area contributed by atoms with Gasteiger partial charge in [0, 0.05) is 11.8 Å². The first-order valence-electron chi connectivity index (χ1n) is 7.72. The molecule has 0 fully saturated rings. The van der Waals surface area contributed by atoms with Crippen molar-refractivity contribution >= 4 is 11.5 Å². The number of aryl methyl sites for hydroxylation is 1. The molecule has 0 amide bonds. The number of hydrogen-bond acceptors (Lipinski definition) is 3. The number of halogens is 1. The van der Waals surface area contributed by atoms with Crippen molar-refractivity contribution < 1.29 is 8.81 Å². The Labute approximate surface area is 138 Å². The summed E-state index contributed by atoms with van der Waals surface area (Å²) in [4.78, 5) is 4.76. The molecule has 120 valence electrons. The predicted molar refractivity (Wildman–Crippen MR) is 91.4 cm³/mol. The second-order valence-electron chi connectivity index (χ2n) is 5.63. The average Bonchev–Trinajstić information content (AvgIpc) is 3.22. The van der Waals surface area contributed by atoms with Gasteiger partial charge in [0.1, 0.15) is 28.7 Å². The minimum Gasteiger partial charge on any atom is -0.467 e. The van der Waals surface area contributed by atoms with Gasteiger partial charge in [0.2, 0.25) is 0 Å². The lowest BCUT2D eigenvalue weighted by Crippen LogP contribution is -2.02. The van der Waals surface area contributed by atoms with Gasteiger partial charge in [-0.3, -0.25) is 4.40 Å². The number of hydrogen-bond donors (Lipinski definition) is 1. The summed E-state index contributed by atoms with van der Waals surface area (Å²) in [5.74, 6) is 1.43. The van der Waals surface area contributed by atoms with Crippen molar-refractivity contribution in [2.24, 2.45) is 0 Å². The van der Waals surface area contributed by atoms with E-state index in [1.807, 2.05) is 41.8 Å². The fourth-order valence-corrected chi connectivity index (χ4v) is 2.77. The third-order valence-electron chi connectivity index (χ3n) is 3.97. The van der Waals surface area contributed by atoms with Gasteiger partial charge in [0.05, 0.1) is 12.8 Å². The monoisotopic (exact) mass is 321 g/mol. The van der Waals surface area contributed by atoms with E-state index in [-0.39, 0.29) is 5.82 Å². The first kappa shape index (κ1) is 14.5. The van der Waals surface area contributed by atoms with Crippen LogP contribution in [0.25, 0.3) is 16.9 Å². The van der Waals surface area contributed by atoms with E-state index in [1.165, 1.54) is 12.1 Å². The van der Waals surface area contributed by atoms with Crippen LogP contribution in [-0.4, -0.2) is 9.38 Å². The third-order valence-corrected chi connectivity index (χ3v) is 3.97. The molecule has 0 bridgehead atoms. The highest BCUT2D eigenvalue weighted by Crippen LogP contribution is 2.30. The predicted octanol–water partition coefficient (Wildman–Crippen LogP) is 4.65. The Morgan fingerprint density at radius 3 is 2.71 bits per heavy atom. The maximum atomic E-state index is 13.3. The maximum Gasteiger partial charge on any atom is 0.142 e. The Hall–Kier alpha value is -3.08. The van der Waals surface area contributed by atoms with Gasteiger partial charge in [0.15, 0.2) is 0 Å². The molecule has 0 unspecified atom stereocenters. The zero-order valence-corrected chi connectivity index (χ0v) is 13.2. The number of rotatable bonds is 4. The van der Waals surface area contributed by atoms with Crippen molar-refractivity contribution in [1.29, 1.82) is 0 Å². The maximum absolute atomic E-state index is 13.3. The molecule has 3 aromatic heterocycles. The molecule has 0 aliphatic rings. The lowest BCUT2D eigenvalue weighted by molar-refractivity contribution is 0.518. The van der Waals surface area contributed by atoms with E-state index in [0.717, 1.165) is 34.0 Å². The first-order chi connectivity index (χ1) is 11.7. The SMILES string of the molecule is Cc1cccn2c(NCc3ccco3)c(-c3ccc(F)cc3)nc12. The number of nitrogens with zero attached hydrogens (tertiary/aromatic N) is 2. The Balaban J connectivity index is 1.83. The molecule has 0 saturated heterocycles. The lowest BCUT2D eigenvalue weighted by Gasteiger charge is -2.08. The number of benzene rings is 1. The molecule has 0 saturated carbocycles. The number of fused-ring (bicyclic) bond motifs is 1. The van der Waals surface area contributed by atoms with Crippen molar-refractivity contribution in [3.05, 3.63) is 78.1 Å². The molecule has 0 radical (unpaired) electrons. The van der Waals surface area contributed by atoms with Crippen LogP contribution in [0.15, 0.2) is 65.4 Å². The molecule has 1 aromatic carbocycles. The quantitative estimate of drug-likeness (QED) is 0.595. The van der Waals surface area contributed by atoms with Crippen LogP contribution in [0.1, 0.15) is 11.3 Å².